The molecule has 0 aliphatic rings. The molecule has 2 rings (SSSR count). The molecule has 0 aliphatic carbocycles. The number of carbonyl (C=O) groups excluding carboxylic acids is 2. The summed E-state index contributed by atoms with van der Waals surface area (Å²) in [7, 11) is 2.97. The highest BCUT2D eigenvalue weighted by atomic mass is 79.9. The molecule has 2 aromatic rings. The first-order valence-corrected chi connectivity index (χ1v) is 8.25. The van der Waals surface area contributed by atoms with Gasteiger partial charge in [0.05, 0.1) is 12.7 Å². The maximum Gasteiger partial charge on any atom is 0.337 e. The number of amides is 1. The smallest absolute Gasteiger partial charge is 0.337 e. The van der Waals surface area contributed by atoms with Crippen LogP contribution in [-0.4, -0.2) is 30.9 Å². The fourth-order valence-electron chi connectivity index (χ4n) is 2.15. The second-order valence-electron chi connectivity index (χ2n) is 5.38. The van der Waals surface area contributed by atoms with Crippen molar-refractivity contribution in [1.82, 2.24) is 4.90 Å². The predicted octanol–water partition coefficient (Wildman–Crippen LogP) is 4.05. The van der Waals surface area contributed by atoms with Crippen molar-refractivity contribution in [1.29, 1.82) is 0 Å². The summed E-state index contributed by atoms with van der Waals surface area (Å²) in [6.07, 6.45) is 2.77. The van der Waals surface area contributed by atoms with Gasteiger partial charge in [-0.05, 0) is 42.0 Å². The average molecular weight is 406 g/mol. The second kappa shape index (κ2) is 8.58. The molecule has 2 aromatic carbocycles. The van der Waals surface area contributed by atoms with Crippen LogP contribution in [-0.2, 0) is 16.1 Å². The zero-order valence-corrected chi connectivity index (χ0v) is 15.4. The SMILES string of the molecule is COC(=O)c1ccc(CN(C)C(=O)C=Cc2cc(Br)ccc2F)cc1. The minimum absolute atomic E-state index is 0.253. The molecule has 0 saturated carbocycles. The van der Waals surface area contributed by atoms with E-state index in [1.165, 1.54) is 30.2 Å². The fraction of sp³-hybridized carbons (Fsp3) is 0.158. The van der Waals surface area contributed by atoms with Crippen LogP contribution in [0.25, 0.3) is 6.08 Å². The van der Waals surface area contributed by atoms with Crippen molar-refractivity contribution in [3.8, 4) is 0 Å². The average Bonchev–Trinajstić information content (AvgIpc) is 2.62. The highest BCUT2D eigenvalue weighted by Crippen LogP contribution is 2.17. The maximum atomic E-state index is 13.7. The highest BCUT2D eigenvalue weighted by Gasteiger charge is 2.09. The Morgan fingerprint density at radius 1 is 1.20 bits per heavy atom. The van der Waals surface area contributed by atoms with E-state index in [9.17, 15) is 14.0 Å². The van der Waals surface area contributed by atoms with Gasteiger partial charge in [0.2, 0.25) is 5.91 Å². The molecule has 4 nitrogen and oxygen atoms in total. The van der Waals surface area contributed by atoms with Gasteiger partial charge < -0.3 is 9.64 Å². The molecule has 0 aliphatic heterocycles. The molecule has 0 N–H and O–H groups in total. The highest BCUT2D eigenvalue weighted by molar-refractivity contribution is 9.10. The Labute approximate surface area is 154 Å². The van der Waals surface area contributed by atoms with Crippen molar-refractivity contribution in [3.05, 3.63) is 75.5 Å². The Bertz CT molecular complexity index is 803. The van der Waals surface area contributed by atoms with E-state index in [4.69, 9.17) is 0 Å². The van der Waals surface area contributed by atoms with Crippen LogP contribution in [0.4, 0.5) is 4.39 Å². The lowest BCUT2D eigenvalue weighted by atomic mass is 10.1. The normalized spacial score (nSPS) is 10.7. The molecule has 0 saturated heterocycles. The van der Waals surface area contributed by atoms with Crippen LogP contribution in [0.1, 0.15) is 21.5 Å². The first-order valence-electron chi connectivity index (χ1n) is 7.46. The summed E-state index contributed by atoms with van der Waals surface area (Å²) in [6.45, 7) is 0.367. The third-order valence-electron chi connectivity index (χ3n) is 3.53. The molecule has 1 amide bonds. The van der Waals surface area contributed by atoms with Gasteiger partial charge in [-0.15, -0.1) is 0 Å². The lowest BCUT2D eigenvalue weighted by Gasteiger charge is -2.15. The number of esters is 1. The standard InChI is InChI=1S/C19H17BrFNO3/c1-22(12-13-3-5-14(6-4-13)19(24)25-2)18(23)10-7-15-11-16(20)8-9-17(15)21/h3-11H,12H2,1-2H3. The van der Waals surface area contributed by atoms with Crippen molar-refractivity contribution in [2.75, 3.05) is 14.2 Å². The molecular weight excluding hydrogens is 389 g/mol. The van der Waals surface area contributed by atoms with Crippen LogP contribution in [0, 0.1) is 5.82 Å². The minimum atomic E-state index is -0.407. The third kappa shape index (κ3) is 5.26. The minimum Gasteiger partial charge on any atom is -0.465 e. The van der Waals surface area contributed by atoms with Crippen LogP contribution in [0.3, 0.4) is 0 Å². The molecule has 25 heavy (non-hydrogen) atoms. The fourth-order valence-corrected chi connectivity index (χ4v) is 2.53. The quantitative estimate of drug-likeness (QED) is 0.556. The van der Waals surface area contributed by atoms with Crippen molar-refractivity contribution >= 4 is 33.9 Å². The lowest BCUT2D eigenvalue weighted by molar-refractivity contribution is -0.125. The summed E-state index contributed by atoms with van der Waals surface area (Å²) in [6, 6.07) is 11.3. The number of nitrogens with zero attached hydrogens (tertiary/aromatic N) is 1. The van der Waals surface area contributed by atoms with Crippen LogP contribution in [0.5, 0.6) is 0 Å². The molecule has 0 unspecified atom stereocenters. The predicted molar refractivity (Wildman–Crippen MR) is 97.4 cm³/mol. The van der Waals surface area contributed by atoms with E-state index in [2.05, 4.69) is 20.7 Å². The maximum absolute atomic E-state index is 13.7. The Morgan fingerprint density at radius 2 is 1.88 bits per heavy atom. The first kappa shape index (κ1) is 18.9. The molecule has 0 spiro atoms. The number of rotatable bonds is 5. The Hall–Kier alpha value is -2.47. The lowest BCUT2D eigenvalue weighted by Crippen LogP contribution is -2.24. The number of benzene rings is 2. The van der Waals surface area contributed by atoms with Crippen LogP contribution < -0.4 is 0 Å². The molecule has 6 heteroatoms. The number of hydrogen-bond acceptors (Lipinski definition) is 3. The van der Waals surface area contributed by atoms with Gasteiger partial charge in [0.1, 0.15) is 5.82 Å². The van der Waals surface area contributed by atoms with Gasteiger partial charge in [-0.3, -0.25) is 4.79 Å². The van der Waals surface area contributed by atoms with Gasteiger partial charge in [-0.1, -0.05) is 28.1 Å². The number of methoxy groups -OCH3 is 1. The molecule has 130 valence electrons. The monoisotopic (exact) mass is 405 g/mol. The van der Waals surface area contributed by atoms with E-state index >= 15 is 0 Å². The van der Waals surface area contributed by atoms with Gasteiger partial charge in [0, 0.05) is 29.7 Å². The van der Waals surface area contributed by atoms with Crippen LogP contribution in [0.15, 0.2) is 53.0 Å². The number of hydrogen-bond donors (Lipinski definition) is 0. The molecular formula is C19H17BrFNO3. The van der Waals surface area contributed by atoms with Gasteiger partial charge in [0.25, 0.3) is 0 Å². The largest absolute Gasteiger partial charge is 0.465 e. The number of ether oxygens (including phenoxy) is 1. The van der Waals surface area contributed by atoms with E-state index in [0.29, 0.717) is 17.7 Å². The molecule has 0 bridgehead atoms. The van der Waals surface area contributed by atoms with Crippen molar-refractivity contribution in [2.24, 2.45) is 0 Å². The van der Waals surface area contributed by atoms with Crippen molar-refractivity contribution in [3.63, 3.8) is 0 Å². The molecule has 0 atom stereocenters. The number of likely N-dealkylation sites (N-methyl/N-ethyl adjacent to an activating group) is 1. The molecule has 0 heterocycles. The summed E-state index contributed by atoms with van der Waals surface area (Å²) in [5.41, 5.74) is 1.65. The van der Waals surface area contributed by atoms with Crippen molar-refractivity contribution < 1.29 is 18.7 Å². The number of carbonyl (C=O) groups is 2. The van der Waals surface area contributed by atoms with Gasteiger partial charge in [-0.25, -0.2) is 9.18 Å². The second-order valence-corrected chi connectivity index (χ2v) is 6.30. The molecule has 0 radical (unpaired) electrons. The third-order valence-corrected chi connectivity index (χ3v) is 4.03. The van der Waals surface area contributed by atoms with E-state index in [1.54, 1.807) is 43.4 Å². The summed E-state index contributed by atoms with van der Waals surface area (Å²) >= 11 is 3.27. The van der Waals surface area contributed by atoms with Gasteiger partial charge >= 0.3 is 5.97 Å². The van der Waals surface area contributed by atoms with E-state index in [-0.39, 0.29) is 5.91 Å². The topological polar surface area (TPSA) is 46.6 Å². The Kier molecular flexibility index (Phi) is 6.47. The number of halogens is 2. The summed E-state index contributed by atoms with van der Waals surface area (Å²) in [5.74, 6) is -1.06. The first-order chi connectivity index (χ1) is 11.9. The van der Waals surface area contributed by atoms with Crippen molar-refractivity contribution in [2.45, 2.75) is 6.54 Å². The Balaban J connectivity index is 2.01. The Morgan fingerprint density at radius 3 is 2.52 bits per heavy atom. The van der Waals surface area contributed by atoms with Gasteiger partial charge in [-0.2, -0.15) is 0 Å². The zero-order valence-electron chi connectivity index (χ0n) is 13.8. The zero-order chi connectivity index (χ0) is 18.4. The van der Waals surface area contributed by atoms with E-state index < -0.39 is 11.8 Å². The molecule has 0 fully saturated rings. The molecule has 0 aromatic heterocycles. The van der Waals surface area contributed by atoms with Gasteiger partial charge in [0.15, 0.2) is 0 Å². The summed E-state index contributed by atoms with van der Waals surface area (Å²) < 4.78 is 19.0. The van der Waals surface area contributed by atoms with E-state index in [0.717, 1.165) is 10.0 Å². The summed E-state index contributed by atoms with van der Waals surface area (Å²) in [4.78, 5) is 25.1. The van der Waals surface area contributed by atoms with Crippen LogP contribution in [0.2, 0.25) is 0 Å². The van der Waals surface area contributed by atoms with Crippen LogP contribution >= 0.6 is 15.9 Å². The van der Waals surface area contributed by atoms with E-state index in [1.807, 2.05) is 0 Å². The summed E-state index contributed by atoms with van der Waals surface area (Å²) in [5, 5.41) is 0.